The van der Waals surface area contributed by atoms with Gasteiger partial charge in [-0.1, -0.05) is 20.3 Å². The van der Waals surface area contributed by atoms with Crippen molar-refractivity contribution in [1.29, 1.82) is 0 Å². The predicted molar refractivity (Wildman–Crippen MR) is 73.7 cm³/mol. The summed E-state index contributed by atoms with van der Waals surface area (Å²) in [6.45, 7) is 6.56. The number of amides is 2. The quantitative estimate of drug-likeness (QED) is 0.905. The highest BCUT2D eigenvalue weighted by Crippen LogP contribution is 2.19. The number of nitrogens with zero attached hydrogens (tertiary/aromatic N) is 2. The minimum atomic E-state index is -0.389. The standard InChI is InChI=1S/C13H19N3O2S/c1-4-8(2)12-13(18)16(6-11(17)15-12)5-10-9(3)14-7-19-10/h7-8,12H,4-6H2,1-3H3,(H,15,17). The van der Waals surface area contributed by atoms with E-state index in [-0.39, 0.29) is 30.3 Å². The summed E-state index contributed by atoms with van der Waals surface area (Å²) in [6.07, 6.45) is 0.865. The van der Waals surface area contributed by atoms with E-state index in [0.29, 0.717) is 6.54 Å². The van der Waals surface area contributed by atoms with Crippen molar-refractivity contribution in [3.05, 3.63) is 16.1 Å². The van der Waals surface area contributed by atoms with Crippen molar-refractivity contribution in [1.82, 2.24) is 15.2 Å². The topological polar surface area (TPSA) is 62.3 Å². The van der Waals surface area contributed by atoms with E-state index in [1.807, 2.05) is 20.8 Å². The summed E-state index contributed by atoms with van der Waals surface area (Å²) in [5.74, 6) is 0.0932. The number of piperazine rings is 1. The first-order valence-corrected chi connectivity index (χ1v) is 7.38. The highest BCUT2D eigenvalue weighted by atomic mass is 32.1. The molecule has 0 aliphatic carbocycles. The fraction of sp³-hybridized carbons (Fsp3) is 0.615. The molecule has 2 amide bonds. The Labute approximate surface area is 117 Å². The molecule has 2 rings (SSSR count). The number of thiazole rings is 1. The summed E-state index contributed by atoms with van der Waals surface area (Å²) in [4.78, 5) is 31.0. The normalized spacial score (nSPS) is 21.4. The Morgan fingerprint density at radius 2 is 2.32 bits per heavy atom. The van der Waals surface area contributed by atoms with E-state index in [2.05, 4.69) is 10.3 Å². The number of hydrogen-bond acceptors (Lipinski definition) is 4. The van der Waals surface area contributed by atoms with E-state index in [9.17, 15) is 9.59 Å². The average molecular weight is 281 g/mol. The van der Waals surface area contributed by atoms with Crippen LogP contribution in [0, 0.1) is 12.8 Å². The third-order valence-corrected chi connectivity index (χ3v) is 4.54. The molecule has 0 saturated carbocycles. The van der Waals surface area contributed by atoms with E-state index in [1.54, 1.807) is 10.4 Å². The van der Waals surface area contributed by atoms with Gasteiger partial charge in [0.1, 0.15) is 6.04 Å². The van der Waals surface area contributed by atoms with Crippen LogP contribution in [0.1, 0.15) is 30.8 Å². The lowest BCUT2D eigenvalue weighted by Crippen LogP contribution is -2.59. The first-order chi connectivity index (χ1) is 9.02. The molecule has 19 heavy (non-hydrogen) atoms. The summed E-state index contributed by atoms with van der Waals surface area (Å²) in [6, 6.07) is -0.389. The summed E-state index contributed by atoms with van der Waals surface area (Å²) in [7, 11) is 0. The molecule has 1 fully saturated rings. The van der Waals surface area contributed by atoms with Gasteiger partial charge in [-0.15, -0.1) is 11.3 Å². The van der Waals surface area contributed by atoms with Gasteiger partial charge in [0.15, 0.2) is 0 Å². The van der Waals surface area contributed by atoms with Crippen molar-refractivity contribution in [2.45, 2.75) is 39.8 Å². The van der Waals surface area contributed by atoms with E-state index < -0.39 is 0 Å². The Bertz CT molecular complexity index is 486. The van der Waals surface area contributed by atoms with Gasteiger partial charge in [-0.05, 0) is 12.8 Å². The molecule has 1 N–H and O–H groups in total. The van der Waals surface area contributed by atoms with Crippen LogP contribution in [0.5, 0.6) is 0 Å². The van der Waals surface area contributed by atoms with Crippen molar-refractivity contribution in [2.24, 2.45) is 5.92 Å². The Balaban J connectivity index is 2.13. The number of carbonyl (C=O) groups is 2. The molecule has 0 radical (unpaired) electrons. The molecule has 1 saturated heterocycles. The highest BCUT2D eigenvalue weighted by Gasteiger charge is 2.35. The molecule has 1 aromatic rings. The second-order valence-electron chi connectivity index (χ2n) is 4.99. The smallest absolute Gasteiger partial charge is 0.246 e. The molecular formula is C13H19N3O2S. The lowest BCUT2D eigenvalue weighted by atomic mass is 9.96. The zero-order valence-electron chi connectivity index (χ0n) is 11.5. The summed E-state index contributed by atoms with van der Waals surface area (Å²) >= 11 is 1.53. The fourth-order valence-electron chi connectivity index (χ4n) is 2.14. The van der Waals surface area contributed by atoms with Crippen LogP contribution in [-0.4, -0.2) is 34.3 Å². The molecular weight excluding hydrogens is 262 g/mol. The minimum Gasteiger partial charge on any atom is -0.342 e. The van der Waals surface area contributed by atoms with E-state index in [4.69, 9.17) is 0 Å². The van der Waals surface area contributed by atoms with Crippen molar-refractivity contribution in [3.63, 3.8) is 0 Å². The number of rotatable bonds is 4. The second kappa shape index (κ2) is 5.69. The minimum absolute atomic E-state index is 0.0155. The van der Waals surface area contributed by atoms with Crippen LogP contribution < -0.4 is 5.32 Å². The largest absolute Gasteiger partial charge is 0.342 e. The van der Waals surface area contributed by atoms with Crippen LogP contribution in [0.3, 0.4) is 0 Å². The molecule has 1 aliphatic rings. The molecule has 2 heterocycles. The van der Waals surface area contributed by atoms with Gasteiger partial charge >= 0.3 is 0 Å². The van der Waals surface area contributed by atoms with E-state index in [1.165, 1.54) is 11.3 Å². The first-order valence-electron chi connectivity index (χ1n) is 6.50. The Morgan fingerprint density at radius 1 is 1.58 bits per heavy atom. The summed E-state index contributed by atoms with van der Waals surface area (Å²) in [5, 5.41) is 2.80. The fourth-order valence-corrected chi connectivity index (χ4v) is 2.93. The van der Waals surface area contributed by atoms with Crippen molar-refractivity contribution in [2.75, 3.05) is 6.54 Å². The Hall–Kier alpha value is -1.43. The van der Waals surface area contributed by atoms with E-state index in [0.717, 1.165) is 17.0 Å². The molecule has 104 valence electrons. The number of nitrogens with one attached hydrogen (secondary N) is 1. The van der Waals surface area contributed by atoms with Crippen molar-refractivity contribution in [3.8, 4) is 0 Å². The Morgan fingerprint density at radius 3 is 2.89 bits per heavy atom. The number of hydrogen-bond donors (Lipinski definition) is 1. The third-order valence-electron chi connectivity index (χ3n) is 3.62. The van der Waals surface area contributed by atoms with Crippen LogP contribution in [-0.2, 0) is 16.1 Å². The van der Waals surface area contributed by atoms with Gasteiger partial charge in [-0.25, -0.2) is 4.98 Å². The Kier molecular flexibility index (Phi) is 4.19. The zero-order valence-corrected chi connectivity index (χ0v) is 12.3. The lowest BCUT2D eigenvalue weighted by molar-refractivity contribution is -0.146. The maximum atomic E-state index is 12.4. The molecule has 1 aliphatic heterocycles. The SMILES string of the molecule is CCC(C)C1NC(=O)CN(Cc2scnc2C)C1=O. The molecule has 0 aromatic carbocycles. The number of carbonyl (C=O) groups excluding carboxylic acids is 2. The first kappa shape index (κ1) is 14.0. The van der Waals surface area contributed by atoms with Crippen LogP contribution >= 0.6 is 11.3 Å². The van der Waals surface area contributed by atoms with E-state index >= 15 is 0 Å². The lowest BCUT2D eigenvalue weighted by Gasteiger charge is -2.35. The van der Waals surface area contributed by atoms with Gasteiger partial charge in [0, 0.05) is 4.88 Å². The molecule has 2 unspecified atom stereocenters. The van der Waals surface area contributed by atoms with Crippen LogP contribution in [0.2, 0.25) is 0 Å². The van der Waals surface area contributed by atoms with Gasteiger partial charge in [-0.3, -0.25) is 9.59 Å². The van der Waals surface area contributed by atoms with Crippen LogP contribution in [0.4, 0.5) is 0 Å². The van der Waals surface area contributed by atoms with Crippen molar-refractivity contribution >= 4 is 23.2 Å². The van der Waals surface area contributed by atoms with Gasteiger partial charge in [-0.2, -0.15) is 0 Å². The summed E-state index contributed by atoms with van der Waals surface area (Å²) in [5.41, 5.74) is 2.70. The molecule has 5 nitrogen and oxygen atoms in total. The maximum Gasteiger partial charge on any atom is 0.246 e. The molecule has 6 heteroatoms. The van der Waals surface area contributed by atoms with Gasteiger partial charge in [0.2, 0.25) is 11.8 Å². The van der Waals surface area contributed by atoms with Crippen LogP contribution in [0.25, 0.3) is 0 Å². The molecule has 1 aromatic heterocycles. The summed E-state index contributed by atoms with van der Waals surface area (Å²) < 4.78 is 0. The molecule has 0 spiro atoms. The number of aromatic nitrogens is 1. The zero-order chi connectivity index (χ0) is 14.0. The van der Waals surface area contributed by atoms with Gasteiger partial charge < -0.3 is 10.2 Å². The van der Waals surface area contributed by atoms with Crippen LogP contribution in [0.15, 0.2) is 5.51 Å². The van der Waals surface area contributed by atoms with Gasteiger partial charge in [0.05, 0.1) is 24.3 Å². The van der Waals surface area contributed by atoms with Gasteiger partial charge in [0.25, 0.3) is 0 Å². The molecule has 2 atom stereocenters. The monoisotopic (exact) mass is 281 g/mol. The number of aryl methyl sites for hydroxylation is 1. The average Bonchev–Trinajstić information content (AvgIpc) is 2.78. The highest BCUT2D eigenvalue weighted by molar-refractivity contribution is 7.09. The maximum absolute atomic E-state index is 12.4. The third kappa shape index (κ3) is 2.94. The second-order valence-corrected chi connectivity index (χ2v) is 5.93. The van der Waals surface area contributed by atoms with Crippen molar-refractivity contribution < 1.29 is 9.59 Å². The predicted octanol–water partition coefficient (Wildman–Crippen LogP) is 1.32. The molecule has 0 bridgehead atoms.